The zero-order valence-corrected chi connectivity index (χ0v) is 17.5. The van der Waals surface area contributed by atoms with Gasteiger partial charge in [0.1, 0.15) is 5.82 Å². The van der Waals surface area contributed by atoms with Gasteiger partial charge in [0.05, 0.1) is 10.6 Å². The number of anilines is 2. The van der Waals surface area contributed by atoms with Gasteiger partial charge in [-0.25, -0.2) is 17.8 Å². The van der Waals surface area contributed by atoms with Crippen molar-refractivity contribution in [3.63, 3.8) is 0 Å². The molecule has 2 N–H and O–H groups in total. The van der Waals surface area contributed by atoms with Crippen LogP contribution in [0.4, 0.5) is 15.2 Å². The molecule has 0 radical (unpaired) electrons. The van der Waals surface area contributed by atoms with E-state index in [1.54, 1.807) is 23.8 Å². The molecule has 2 aromatic heterocycles. The van der Waals surface area contributed by atoms with Crippen LogP contribution in [-0.2, 0) is 10.0 Å². The minimum Gasteiger partial charge on any atom is -0.298 e. The number of pyridine rings is 1. The molecule has 0 saturated heterocycles. The van der Waals surface area contributed by atoms with E-state index in [1.165, 1.54) is 47.7 Å². The Morgan fingerprint density at radius 3 is 2.58 bits per heavy atom. The lowest BCUT2D eigenvalue weighted by atomic mass is 10.2. The van der Waals surface area contributed by atoms with E-state index in [0.29, 0.717) is 10.8 Å². The Morgan fingerprint density at radius 2 is 1.84 bits per heavy atom. The molecule has 0 saturated carbocycles. The molecule has 0 fully saturated rings. The zero-order chi connectivity index (χ0) is 21.8. The van der Waals surface area contributed by atoms with Crippen LogP contribution in [-0.4, -0.2) is 24.3 Å². The molecule has 0 spiro atoms. The van der Waals surface area contributed by atoms with Gasteiger partial charge in [-0.2, -0.15) is 0 Å². The van der Waals surface area contributed by atoms with E-state index < -0.39 is 21.7 Å². The number of nitrogens with zero attached hydrogens (tertiary/aromatic N) is 2. The smallest absolute Gasteiger partial charge is 0.261 e. The SMILES string of the molecule is O=C(Nc1nc(-c2cccnc2)cs1)c1cccc(S(=O)(=O)Nc2ccc(F)cc2)c1. The average Bonchev–Trinajstić information content (AvgIpc) is 3.24. The van der Waals surface area contributed by atoms with Crippen LogP contribution in [0.1, 0.15) is 10.4 Å². The molecule has 0 unspecified atom stereocenters. The van der Waals surface area contributed by atoms with E-state index in [-0.39, 0.29) is 16.1 Å². The topological polar surface area (TPSA) is 101 Å². The minimum atomic E-state index is -3.96. The van der Waals surface area contributed by atoms with Gasteiger partial charge in [-0.05, 0) is 54.6 Å². The van der Waals surface area contributed by atoms with Gasteiger partial charge in [-0.1, -0.05) is 6.07 Å². The van der Waals surface area contributed by atoms with Gasteiger partial charge < -0.3 is 0 Å². The molecule has 4 aromatic rings. The Morgan fingerprint density at radius 1 is 1.03 bits per heavy atom. The number of benzene rings is 2. The van der Waals surface area contributed by atoms with Crippen molar-refractivity contribution >= 4 is 38.1 Å². The number of carbonyl (C=O) groups is 1. The molecule has 0 aliphatic heterocycles. The molecule has 1 amide bonds. The highest BCUT2D eigenvalue weighted by atomic mass is 32.2. The fourth-order valence-electron chi connectivity index (χ4n) is 2.68. The summed E-state index contributed by atoms with van der Waals surface area (Å²) in [4.78, 5) is 20.9. The lowest BCUT2D eigenvalue weighted by molar-refractivity contribution is 0.102. The number of halogens is 1. The van der Waals surface area contributed by atoms with Gasteiger partial charge in [0.15, 0.2) is 5.13 Å². The summed E-state index contributed by atoms with van der Waals surface area (Å²) >= 11 is 1.25. The van der Waals surface area contributed by atoms with Crippen molar-refractivity contribution in [3.8, 4) is 11.3 Å². The summed E-state index contributed by atoms with van der Waals surface area (Å²) in [5.74, 6) is -0.971. The summed E-state index contributed by atoms with van der Waals surface area (Å²) in [6.07, 6.45) is 3.33. The van der Waals surface area contributed by atoms with Crippen LogP contribution in [0.5, 0.6) is 0 Å². The van der Waals surface area contributed by atoms with Crippen LogP contribution in [0.3, 0.4) is 0 Å². The van der Waals surface area contributed by atoms with Crippen molar-refractivity contribution in [1.29, 1.82) is 0 Å². The largest absolute Gasteiger partial charge is 0.298 e. The van der Waals surface area contributed by atoms with Crippen LogP contribution >= 0.6 is 11.3 Å². The molecular weight excluding hydrogens is 439 g/mol. The maximum Gasteiger partial charge on any atom is 0.261 e. The monoisotopic (exact) mass is 454 g/mol. The quantitative estimate of drug-likeness (QED) is 0.450. The van der Waals surface area contributed by atoms with Crippen LogP contribution in [0.2, 0.25) is 0 Å². The highest BCUT2D eigenvalue weighted by Crippen LogP contribution is 2.25. The Bertz CT molecular complexity index is 1320. The van der Waals surface area contributed by atoms with Gasteiger partial charge in [0, 0.05) is 34.6 Å². The van der Waals surface area contributed by atoms with E-state index in [1.807, 2.05) is 6.07 Å². The molecule has 0 atom stereocenters. The van der Waals surface area contributed by atoms with Crippen LogP contribution in [0, 0.1) is 5.82 Å². The number of hydrogen-bond donors (Lipinski definition) is 2. The van der Waals surface area contributed by atoms with E-state index in [9.17, 15) is 17.6 Å². The van der Waals surface area contributed by atoms with Crippen molar-refractivity contribution in [2.45, 2.75) is 4.90 Å². The fourth-order valence-corrected chi connectivity index (χ4v) is 4.50. The van der Waals surface area contributed by atoms with Gasteiger partial charge in [-0.3, -0.25) is 19.8 Å². The second-order valence-corrected chi connectivity index (χ2v) is 8.91. The van der Waals surface area contributed by atoms with Gasteiger partial charge in [0.25, 0.3) is 15.9 Å². The first kappa shape index (κ1) is 20.6. The molecule has 0 aliphatic carbocycles. The molecule has 10 heteroatoms. The molecule has 4 rings (SSSR count). The summed E-state index contributed by atoms with van der Waals surface area (Å²) in [7, 11) is -3.96. The molecule has 31 heavy (non-hydrogen) atoms. The van der Waals surface area contributed by atoms with Gasteiger partial charge in [-0.15, -0.1) is 11.3 Å². The Hall–Kier alpha value is -3.63. The van der Waals surface area contributed by atoms with Crippen molar-refractivity contribution in [2.75, 3.05) is 10.0 Å². The molecular formula is C21H15FN4O3S2. The van der Waals surface area contributed by atoms with Crippen LogP contribution in [0.15, 0.2) is 83.3 Å². The normalized spacial score (nSPS) is 11.1. The predicted octanol–water partition coefficient (Wildman–Crippen LogP) is 4.40. The second-order valence-electron chi connectivity index (χ2n) is 6.37. The number of sulfonamides is 1. The number of nitrogens with one attached hydrogen (secondary N) is 2. The number of aromatic nitrogens is 2. The summed E-state index contributed by atoms with van der Waals surface area (Å²) in [6, 6.07) is 14.2. The average molecular weight is 455 g/mol. The number of hydrogen-bond acceptors (Lipinski definition) is 6. The Balaban J connectivity index is 1.50. The van der Waals surface area contributed by atoms with Crippen LogP contribution < -0.4 is 10.0 Å². The van der Waals surface area contributed by atoms with Crippen molar-refractivity contribution in [1.82, 2.24) is 9.97 Å². The Kier molecular flexibility index (Phi) is 5.74. The third kappa shape index (κ3) is 4.93. The number of rotatable bonds is 6. The molecule has 7 nitrogen and oxygen atoms in total. The first-order chi connectivity index (χ1) is 14.9. The summed E-state index contributed by atoms with van der Waals surface area (Å²) < 4.78 is 40.6. The zero-order valence-electron chi connectivity index (χ0n) is 15.8. The first-order valence-corrected chi connectivity index (χ1v) is 11.3. The summed E-state index contributed by atoms with van der Waals surface area (Å²) in [5, 5.41) is 4.84. The lowest BCUT2D eigenvalue weighted by Gasteiger charge is -2.09. The summed E-state index contributed by atoms with van der Waals surface area (Å²) in [6.45, 7) is 0. The second kappa shape index (κ2) is 8.62. The van der Waals surface area contributed by atoms with Crippen molar-refractivity contribution in [3.05, 3.63) is 89.8 Å². The molecule has 2 aromatic carbocycles. The number of thiazole rings is 1. The van der Waals surface area contributed by atoms with Crippen LogP contribution in [0.25, 0.3) is 11.3 Å². The van der Waals surface area contributed by atoms with Crippen molar-refractivity contribution in [2.24, 2.45) is 0 Å². The maximum absolute atomic E-state index is 13.0. The minimum absolute atomic E-state index is 0.0975. The van der Waals surface area contributed by atoms with Gasteiger partial charge in [0.2, 0.25) is 0 Å². The molecule has 0 aliphatic rings. The van der Waals surface area contributed by atoms with E-state index in [2.05, 4.69) is 20.0 Å². The standard InChI is InChI=1S/C21H15FN4O3S2/c22-16-6-8-17(9-7-16)26-31(28,29)18-5-1-3-14(11-18)20(27)25-21-24-19(13-30-21)15-4-2-10-23-12-15/h1-13,26H,(H,24,25,27). The molecule has 0 bridgehead atoms. The maximum atomic E-state index is 13.0. The summed E-state index contributed by atoms with van der Waals surface area (Å²) in [5.41, 5.74) is 1.86. The van der Waals surface area contributed by atoms with E-state index in [0.717, 1.165) is 17.7 Å². The molecule has 156 valence electrons. The highest BCUT2D eigenvalue weighted by molar-refractivity contribution is 7.92. The first-order valence-electron chi connectivity index (χ1n) is 8.96. The molecule has 2 heterocycles. The van der Waals surface area contributed by atoms with Gasteiger partial charge >= 0.3 is 0 Å². The third-order valence-corrected chi connectivity index (χ3v) is 6.32. The highest BCUT2D eigenvalue weighted by Gasteiger charge is 2.17. The third-order valence-electron chi connectivity index (χ3n) is 4.18. The van der Waals surface area contributed by atoms with E-state index in [4.69, 9.17) is 0 Å². The number of amides is 1. The van der Waals surface area contributed by atoms with Crippen molar-refractivity contribution < 1.29 is 17.6 Å². The van der Waals surface area contributed by atoms with E-state index >= 15 is 0 Å². The predicted molar refractivity (Wildman–Crippen MR) is 117 cm³/mol. The lowest BCUT2D eigenvalue weighted by Crippen LogP contribution is -2.16. The fraction of sp³-hybridized carbons (Fsp3) is 0. The number of carbonyl (C=O) groups excluding carboxylic acids is 1. The Labute approximate surface area is 181 Å².